The Morgan fingerprint density at radius 1 is 0.760 bits per heavy atom. The van der Waals surface area contributed by atoms with Crippen LogP contribution in [0.3, 0.4) is 0 Å². The quantitative estimate of drug-likeness (QED) is 0.575. The van der Waals surface area contributed by atoms with Crippen molar-refractivity contribution in [2.45, 2.75) is 6.92 Å². The molecule has 0 aliphatic rings. The van der Waals surface area contributed by atoms with Gasteiger partial charge in [0.2, 0.25) is 0 Å². The van der Waals surface area contributed by atoms with Crippen LogP contribution >= 0.6 is 0 Å². The minimum atomic E-state index is 0.696. The summed E-state index contributed by atoms with van der Waals surface area (Å²) in [6, 6.07) is 23.9. The Labute approximate surface area is 145 Å². The van der Waals surface area contributed by atoms with Gasteiger partial charge in [0, 0.05) is 23.4 Å². The Balaban J connectivity index is 1.61. The van der Waals surface area contributed by atoms with E-state index in [0.717, 1.165) is 34.2 Å². The van der Waals surface area contributed by atoms with Crippen molar-refractivity contribution in [3.05, 3.63) is 78.5 Å². The minimum absolute atomic E-state index is 0.696. The summed E-state index contributed by atoms with van der Waals surface area (Å²) in [5.41, 5.74) is 3.93. The van der Waals surface area contributed by atoms with E-state index in [1.165, 1.54) is 0 Å². The number of benzene rings is 2. The monoisotopic (exact) mass is 327 g/mol. The zero-order valence-electron chi connectivity index (χ0n) is 13.8. The summed E-state index contributed by atoms with van der Waals surface area (Å²) >= 11 is 0. The first-order valence-electron chi connectivity index (χ1n) is 8.07. The van der Waals surface area contributed by atoms with Crippen LogP contribution in [0.5, 0.6) is 0 Å². The normalized spacial score (nSPS) is 10.6. The second-order valence-corrected chi connectivity index (χ2v) is 5.74. The molecule has 0 unspecified atom stereocenters. The first-order chi connectivity index (χ1) is 12.3. The number of aromatic nitrogens is 4. The first kappa shape index (κ1) is 15.1. The van der Waals surface area contributed by atoms with Crippen molar-refractivity contribution < 1.29 is 0 Å². The van der Waals surface area contributed by atoms with E-state index >= 15 is 0 Å². The predicted octanol–water partition coefficient (Wildman–Crippen LogP) is 4.59. The molecule has 0 aliphatic carbocycles. The van der Waals surface area contributed by atoms with Crippen LogP contribution in [0.15, 0.2) is 72.8 Å². The highest BCUT2D eigenvalue weighted by molar-refractivity contribution is 5.66. The summed E-state index contributed by atoms with van der Waals surface area (Å²) in [6.07, 6.45) is 0. The van der Waals surface area contributed by atoms with Gasteiger partial charge in [-0.05, 0) is 12.5 Å². The van der Waals surface area contributed by atoms with Crippen LogP contribution in [0.4, 0.5) is 11.6 Å². The van der Waals surface area contributed by atoms with E-state index in [0.29, 0.717) is 5.82 Å². The molecule has 0 saturated heterocycles. The molecule has 4 rings (SSSR count). The predicted molar refractivity (Wildman–Crippen MR) is 99.5 cm³/mol. The molecule has 0 amide bonds. The molecule has 2 heterocycles. The van der Waals surface area contributed by atoms with Crippen molar-refractivity contribution in [3.63, 3.8) is 0 Å². The van der Waals surface area contributed by atoms with E-state index in [4.69, 9.17) is 0 Å². The Bertz CT molecular complexity index is 977. The van der Waals surface area contributed by atoms with Gasteiger partial charge in [0.1, 0.15) is 5.82 Å². The summed E-state index contributed by atoms with van der Waals surface area (Å²) in [7, 11) is 0. The van der Waals surface area contributed by atoms with Crippen LogP contribution in [0.2, 0.25) is 0 Å². The van der Waals surface area contributed by atoms with Crippen LogP contribution in [0.25, 0.3) is 22.6 Å². The molecular weight excluding hydrogens is 310 g/mol. The van der Waals surface area contributed by atoms with Crippen LogP contribution in [0, 0.1) is 6.92 Å². The second kappa shape index (κ2) is 6.57. The molecule has 2 N–H and O–H groups in total. The average molecular weight is 327 g/mol. The van der Waals surface area contributed by atoms with Gasteiger partial charge in [-0.1, -0.05) is 60.7 Å². The number of H-pyrrole nitrogens is 1. The molecule has 0 bridgehead atoms. The van der Waals surface area contributed by atoms with E-state index in [1.54, 1.807) is 0 Å². The molecule has 0 saturated carbocycles. The van der Waals surface area contributed by atoms with Gasteiger partial charge in [0.25, 0.3) is 0 Å². The Hall–Kier alpha value is -3.47. The van der Waals surface area contributed by atoms with Crippen LogP contribution in [0.1, 0.15) is 5.69 Å². The summed E-state index contributed by atoms with van der Waals surface area (Å²) in [5, 5.41) is 10.6. The molecule has 4 aromatic rings. The lowest BCUT2D eigenvalue weighted by molar-refractivity contribution is 1.08. The fourth-order valence-corrected chi connectivity index (χ4v) is 2.63. The highest BCUT2D eigenvalue weighted by Crippen LogP contribution is 2.23. The van der Waals surface area contributed by atoms with Gasteiger partial charge in [-0.2, -0.15) is 5.10 Å². The lowest BCUT2D eigenvalue weighted by Crippen LogP contribution is -1.99. The Morgan fingerprint density at radius 3 is 2.16 bits per heavy atom. The molecular formula is C20H17N5. The third kappa shape index (κ3) is 3.40. The van der Waals surface area contributed by atoms with E-state index in [1.807, 2.05) is 79.7 Å². The van der Waals surface area contributed by atoms with Crippen molar-refractivity contribution in [1.82, 2.24) is 20.2 Å². The third-order valence-electron chi connectivity index (χ3n) is 3.80. The number of aryl methyl sites for hydroxylation is 1. The maximum Gasteiger partial charge on any atom is 0.161 e. The van der Waals surface area contributed by atoms with E-state index < -0.39 is 0 Å². The van der Waals surface area contributed by atoms with Crippen LogP contribution in [-0.4, -0.2) is 20.2 Å². The number of nitrogens with zero attached hydrogens (tertiary/aromatic N) is 3. The zero-order valence-corrected chi connectivity index (χ0v) is 13.8. The van der Waals surface area contributed by atoms with E-state index in [2.05, 4.69) is 25.5 Å². The van der Waals surface area contributed by atoms with Crippen molar-refractivity contribution in [2.24, 2.45) is 0 Å². The maximum absolute atomic E-state index is 4.61. The van der Waals surface area contributed by atoms with Crippen molar-refractivity contribution in [1.29, 1.82) is 0 Å². The summed E-state index contributed by atoms with van der Waals surface area (Å²) in [4.78, 5) is 9.12. The Kier molecular flexibility index (Phi) is 3.96. The summed E-state index contributed by atoms with van der Waals surface area (Å²) < 4.78 is 0. The largest absolute Gasteiger partial charge is 0.323 e. The highest BCUT2D eigenvalue weighted by Gasteiger charge is 2.08. The topological polar surface area (TPSA) is 66.5 Å². The van der Waals surface area contributed by atoms with Gasteiger partial charge < -0.3 is 5.32 Å². The fraction of sp³-hybridized carbons (Fsp3) is 0.0500. The minimum Gasteiger partial charge on any atom is -0.323 e. The molecule has 122 valence electrons. The number of nitrogens with one attached hydrogen (secondary N) is 2. The lowest BCUT2D eigenvalue weighted by Gasteiger charge is -2.06. The highest BCUT2D eigenvalue weighted by atomic mass is 15.2. The molecule has 0 spiro atoms. The molecule has 0 atom stereocenters. The van der Waals surface area contributed by atoms with Crippen molar-refractivity contribution in [2.75, 3.05) is 5.32 Å². The summed E-state index contributed by atoms with van der Waals surface area (Å²) in [5.74, 6) is 2.13. The van der Waals surface area contributed by atoms with Crippen molar-refractivity contribution >= 4 is 11.6 Å². The molecule has 5 nitrogen and oxygen atoms in total. The average Bonchev–Trinajstić information content (AvgIpc) is 3.11. The molecule has 2 aromatic heterocycles. The number of hydrogen-bond acceptors (Lipinski definition) is 4. The van der Waals surface area contributed by atoms with Crippen LogP contribution in [-0.2, 0) is 0 Å². The zero-order chi connectivity index (χ0) is 17.1. The molecule has 0 radical (unpaired) electrons. The summed E-state index contributed by atoms with van der Waals surface area (Å²) in [6.45, 7) is 1.96. The molecule has 0 aliphatic heterocycles. The molecule has 5 heteroatoms. The van der Waals surface area contributed by atoms with E-state index in [9.17, 15) is 0 Å². The maximum atomic E-state index is 4.61. The fourth-order valence-electron chi connectivity index (χ4n) is 2.63. The number of hydrogen-bond donors (Lipinski definition) is 2. The van der Waals surface area contributed by atoms with Gasteiger partial charge in [-0.15, -0.1) is 0 Å². The first-order valence-corrected chi connectivity index (χ1v) is 8.07. The van der Waals surface area contributed by atoms with Gasteiger partial charge in [0.15, 0.2) is 11.6 Å². The lowest BCUT2D eigenvalue weighted by atomic mass is 10.1. The molecule has 0 fully saturated rings. The Morgan fingerprint density at radius 2 is 1.44 bits per heavy atom. The van der Waals surface area contributed by atoms with Gasteiger partial charge in [-0.3, -0.25) is 5.10 Å². The molecule has 2 aromatic carbocycles. The number of aromatic amines is 1. The number of anilines is 2. The van der Waals surface area contributed by atoms with E-state index in [-0.39, 0.29) is 0 Å². The third-order valence-corrected chi connectivity index (χ3v) is 3.80. The van der Waals surface area contributed by atoms with Gasteiger partial charge in [-0.25, -0.2) is 9.97 Å². The standard InChI is InChI=1S/C20H17N5/c1-14-12-18(23-20(21-14)16-10-6-3-7-11-16)22-19-13-17(24-25-19)15-8-4-2-5-9-15/h2-13H,1H3,(H2,21,22,23,24,25). The van der Waals surface area contributed by atoms with Gasteiger partial charge >= 0.3 is 0 Å². The van der Waals surface area contributed by atoms with Crippen LogP contribution < -0.4 is 5.32 Å². The number of rotatable bonds is 4. The smallest absolute Gasteiger partial charge is 0.161 e. The second-order valence-electron chi connectivity index (χ2n) is 5.74. The SMILES string of the molecule is Cc1cc(Nc2cc(-c3ccccc3)[nH]n2)nc(-c2ccccc2)n1. The van der Waals surface area contributed by atoms with Gasteiger partial charge in [0.05, 0.1) is 5.69 Å². The molecule has 25 heavy (non-hydrogen) atoms. The van der Waals surface area contributed by atoms with Crippen molar-refractivity contribution in [3.8, 4) is 22.6 Å².